The van der Waals surface area contributed by atoms with Gasteiger partial charge in [0.25, 0.3) is 0 Å². The zero-order chi connectivity index (χ0) is 28.9. The first-order valence-corrected chi connectivity index (χ1v) is 14.6. The molecule has 1 aliphatic rings. The molecule has 9 nitrogen and oxygen atoms in total. The number of nitrogens with two attached hydrogens (primary N) is 1. The van der Waals surface area contributed by atoms with Gasteiger partial charge >= 0.3 is 5.97 Å². The van der Waals surface area contributed by atoms with E-state index in [1.54, 1.807) is 12.1 Å². The highest BCUT2D eigenvalue weighted by molar-refractivity contribution is 5.72. The minimum absolute atomic E-state index is 0.0300. The molecule has 10 heteroatoms. The van der Waals surface area contributed by atoms with Crippen LogP contribution in [0.1, 0.15) is 67.8 Å². The summed E-state index contributed by atoms with van der Waals surface area (Å²) in [4.78, 5) is 25.8. The van der Waals surface area contributed by atoms with E-state index in [0.717, 1.165) is 70.4 Å². The number of ether oxygens (including phenoxy) is 1. The molecule has 222 valence electrons. The fraction of sp³-hybridized carbons (Fsp3) is 0.633. The minimum Gasteiger partial charge on any atom is -0.465 e. The Labute approximate surface area is 238 Å². The molecule has 1 aromatic carbocycles. The lowest BCUT2D eigenvalue weighted by Crippen LogP contribution is -2.44. The molecule has 3 rings (SSSR count). The summed E-state index contributed by atoms with van der Waals surface area (Å²) in [6, 6.07) is 4.90. The maximum Gasteiger partial charge on any atom is 0.310 e. The molecule has 1 aromatic heterocycles. The summed E-state index contributed by atoms with van der Waals surface area (Å²) in [7, 11) is 2.14. The highest BCUT2D eigenvalue weighted by Crippen LogP contribution is 2.25. The van der Waals surface area contributed by atoms with Gasteiger partial charge in [-0.25, -0.2) is 9.37 Å². The third-order valence-electron chi connectivity index (χ3n) is 7.52. The van der Waals surface area contributed by atoms with Crippen LogP contribution in [0.2, 0.25) is 0 Å². The van der Waals surface area contributed by atoms with Crippen LogP contribution in [0.3, 0.4) is 0 Å². The van der Waals surface area contributed by atoms with Crippen LogP contribution in [0.5, 0.6) is 0 Å². The van der Waals surface area contributed by atoms with Crippen LogP contribution in [0.25, 0.3) is 0 Å². The Morgan fingerprint density at radius 1 is 1.18 bits per heavy atom. The van der Waals surface area contributed by atoms with Gasteiger partial charge in [0.1, 0.15) is 11.6 Å². The van der Waals surface area contributed by atoms with Gasteiger partial charge in [-0.2, -0.15) is 4.98 Å². The van der Waals surface area contributed by atoms with E-state index in [0.29, 0.717) is 35.7 Å². The molecule has 40 heavy (non-hydrogen) atoms. The Bertz CT molecular complexity index is 1080. The second-order valence-electron chi connectivity index (χ2n) is 10.8. The highest BCUT2D eigenvalue weighted by atomic mass is 19.1. The molecule has 0 bridgehead atoms. The van der Waals surface area contributed by atoms with Gasteiger partial charge in [0.05, 0.1) is 13.0 Å². The molecule has 1 aliphatic heterocycles. The molecule has 0 radical (unpaired) electrons. The molecule has 1 saturated heterocycles. The van der Waals surface area contributed by atoms with Gasteiger partial charge in [-0.1, -0.05) is 31.9 Å². The number of benzene rings is 1. The van der Waals surface area contributed by atoms with E-state index in [1.165, 1.54) is 6.07 Å². The average molecular weight is 559 g/mol. The van der Waals surface area contributed by atoms with Crippen LogP contribution in [0.15, 0.2) is 18.2 Å². The van der Waals surface area contributed by atoms with Crippen molar-refractivity contribution < 1.29 is 19.0 Å². The number of rotatable bonds is 16. The number of nitrogens with zero attached hydrogens (tertiary/aromatic N) is 4. The van der Waals surface area contributed by atoms with E-state index in [1.807, 2.05) is 6.92 Å². The third kappa shape index (κ3) is 10.3. The van der Waals surface area contributed by atoms with Crippen LogP contribution in [-0.4, -0.2) is 89.9 Å². The maximum absolute atomic E-state index is 15.2. The second-order valence-corrected chi connectivity index (χ2v) is 10.8. The largest absolute Gasteiger partial charge is 0.465 e. The Morgan fingerprint density at radius 3 is 2.65 bits per heavy atom. The SMILES string of the molecule is CCCC[C@@H](CCO)Nc1nc(N)nc(C)c1Cc1ccc(CC(=O)OCCCCN2CCN(C)CC2)cc1F. The van der Waals surface area contributed by atoms with Gasteiger partial charge < -0.3 is 30.7 Å². The molecule has 0 saturated carbocycles. The van der Waals surface area contributed by atoms with Crippen LogP contribution in [0.4, 0.5) is 16.2 Å². The Kier molecular flexibility index (Phi) is 13.0. The molecule has 1 atom stereocenters. The van der Waals surface area contributed by atoms with Crippen LogP contribution in [-0.2, 0) is 22.4 Å². The summed E-state index contributed by atoms with van der Waals surface area (Å²) >= 11 is 0. The third-order valence-corrected chi connectivity index (χ3v) is 7.52. The number of hydrogen-bond acceptors (Lipinski definition) is 9. The Hall–Kier alpha value is -2.82. The number of nitrogen functional groups attached to an aromatic ring is 1. The molecule has 0 unspecified atom stereocenters. The number of carbonyl (C=O) groups excluding carboxylic acids is 1. The number of aliphatic hydroxyl groups is 1. The van der Waals surface area contributed by atoms with Gasteiger partial charge in [0, 0.05) is 56.5 Å². The summed E-state index contributed by atoms with van der Waals surface area (Å²) < 4.78 is 20.6. The molecular weight excluding hydrogens is 511 g/mol. The van der Waals surface area contributed by atoms with Crippen LogP contribution < -0.4 is 11.1 Å². The van der Waals surface area contributed by atoms with E-state index in [2.05, 4.69) is 39.1 Å². The van der Waals surface area contributed by atoms with Crippen molar-refractivity contribution in [3.63, 3.8) is 0 Å². The summed E-state index contributed by atoms with van der Waals surface area (Å²) in [5.74, 6) is -0.0181. The molecule has 4 N–H and O–H groups in total. The van der Waals surface area contributed by atoms with E-state index in [-0.39, 0.29) is 37.4 Å². The van der Waals surface area contributed by atoms with Gasteiger partial charge in [-0.3, -0.25) is 4.79 Å². The molecule has 0 spiro atoms. The number of aromatic nitrogens is 2. The molecule has 1 fully saturated rings. The highest BCUT2D eigenvalue weighted by Gasteiger charge is 2.18. The molecular formula is C30H47FN6O3. The lowest BCUT2D eigenvalue weighted by Gasteiger charge is -2.32. The topological polar surface area (TPSA) is 117 Å². The summed E-state index contributed by atoms with van der Waals surface area (Å²) in [6.45, 7) is 9.79. The number of carbonyl (C=O) groups is 1. The van der Waals surface area contributed by atoms with E-state index < -0.39 is 5.82 Å². The first kappa shape index (κ1) is 31.7. The number of nitrogens with one attached hydrogen (secondary N) is 1. The summed E-state index contributed by atoms with van der Waals surface area (Å²) in [5.41, 5.74) is 8.42. The molecule has 2 heterocycles. The lowest BCUT2D eigenvalue weighted by molar-refractivity contribution is -0.142. The standard InChI is InChI=1S/C30H47FN6O3/c1-4-5-8-25(11-17-38)34-29-26(22(2)33-30(32)35-29)21-24-10-9-23(19-27(24)31)20-28(39)40-18-7-6-12-37-15-13-36(3)14-16-37/h9-10,19,25,38H,4-8,11-18,20-21H2,1-3H3,(H3,32,33,34,35)/t25-/m0/s1. The van der Waals surface area contributed by atoms with Crippen molar-refractivity contribution in [1.82, 2.24) is 19.8 Å². The van der Waals surface area contributed by atoms with Crippen molar-refractivity contribution in [1.29, 1.82) is 0 Å². The monoisotopic (exact) mass is 558 g/mol. The van der Waals surface area contributed by atoms with E-state index >= 15 is 4.39 Å². The fourth-order valence-corrected chi connectivity index (χ4v) is 4.98. The quantitative estimate of drug-likeness (QED) is 0.210. The van der Waals surface area contributed by atoms with Crippen molar-refractivity contribution in [3.8, 4) is 0 Å². The van der Waals surface area contributed by atoms with Gasteiger partial charge in [-0.05, 0) is 63.4 Å². The van der Waals surface area contributed by atoms with Crippen molar-refractivity contribution in [2.75, 3.05) is 64.0 Å². The number of halogens is 1. The predicted octanol–water partition coefficient (Wildman–Crippen LogP) is 3.56. The summed E-state index contributed by atoms with van der Waals surface area (Å²) in [5, 5.41) is 12.9. The van der Waals surface area contributed by atoms with Crippen molar-refractivity contribution in [2.24, 2.45) is 0 Å². The Balaban J connectivity index is 1.54. The van der Waals surface area contributed by atoms with Gasteiger partial charge in [-0.15, -0.1) is 0 Å². The first-order chi connectivity index (χ1) is 19.3. The normalized spacial score (nSPS) is 15.2. The number of likely N-dealkylation sites (N-methyl/N-ethyl adjacent to an activating group) is 1. The second kappa shape index (κ2) is 16.4. The van der Waals surface area contributed by atoms with Crippen molar-refractivity contribution in [3.05, 3.63) is 46.4 Å². The van der Waals surface area contributed by atoms with Gasteiger partial charge in [0.2, 0.25) is 5.95 Å². The van der Waals surface area contributed by atoms with Gasteiger partial charge in [0.15, 0.2) is 0 Å². The number of aliphatic hydroxyl groups excluding tert-OH is 1. The van der Waals surface area contributed by atoms with E-state index in [9.17, 15) is 9.90 Å². The molecule has 0 amide bonds. The zero-order valence-corrected chi connectivity index (χ0v) is 24.4. The minimum atomic E-state index is -0.391. The number of unbranched alkanes of at least 4 members (excludes halogenated alkanes) is 2. The first-order valence-electron chi connectivity index (χ1n) is 14.6. The molecule has 0 aliphatic carbocycles. The predicted molar refractivity (Wildman–Crippen MR) is 157 cm³/mol. The number of aryl methyl sites for hydroxylation is 1. The number of esters is 1. The smallest absolute Gasteiger partial charge is 0.310 e. The Morgan fingerprint density at radius 2 is 1.95 bits per heavy atom. The van der Waals surface area contributed by atoms with Crippen molar-refractivity contribution >= 4 is 17.7 Å². The molecule has 2 aromatic rings. The average Bonchev–Trinajstić information content (AvgIpc) is 2.91. The van der Waals surface area contributed by atoms with E-state index in [4.69, 9.17) is 10.5 Å². The van der Waals surface area contributed by atoms with Crippen molar-refractivity contribution in [2.45, 2.75) is 71.3 Å². The fourth-order valence-electron chi connectivity index (χ4n) is 4.98. The number of piperazine rings is 1. The van der Waals surface area contributed by atoms with Crippen LogP contribution >= 0.6 is 0 Å². The maximum atomic E-state index is 15.2. The van der Waals surface area contributed by atoms with Crippen LogP contribution in [0, 0.1) is 12.7 Å². The zero-order valence-electron chi connectivity index (χ0n) is 24.4. The lowest BCUT2D eigenvalue weighted by atomic mass is 10.00. The summed E-state index contributed by atoms with van der Waals surface area (Å²) in [6.07, 6.45) is 5.65. The number of anilines is 2. The number of hydrogen-bond donors (Lipinski definition) is 3.